The molecule has 11 heavy (non-hydrogen) atoms. The first-order valence-electron chi connectivity index (χ1n) is 3.23. The van der Waals surface area contributed by atoms with Crippen LogP contribution in [0, 0.1) is 11.3 Å². The minimum absolute atomic E-state index is 0.277. The van der Waals surface area contributed by atoms with E-state index in [0.29, 0.717) is 30.1 Å². The Hall–Kier alpha value is -1.43. The first kappa shape index (κ1) is 9.57. The summed E-state index contributed by atoms with van der Waals surface area (Å²) in [5.41, 5.74) is 0.830. The smallest absolute Gasteiger partial charge is 0.146 e. The van der Waals surface area contributed by atoms with Gasteiger partial charge in [0.2, 0.25) is 0 Å². The van der Waals surface area contributed by atoms with Crippen LogP contribution in [0.15, 0.2) is 11.1 Å². The fourth-order valence-corrected chi connectivity index (χ4v) is 0.615. The Morgan fingerprint density at radius 1 is 1.45 bits per heavy atom. The molecule has 0 amide bonds. The molecule has 0 fully saturated rings. The first-order valence-corrected chi connectivity index (χ1v) is 3.23. The van der Waals surface area contributed by atoms with Gasteiger partial charge in [-0.1, -0.05) is 0 Å². The molecule has 58 valence electrons. The second-order valence-corrected chi connectivity index (χ2v) is 2.10. The Balaban J connectivity index is 4.28. The van der Waals surface area contributed by atoms with Gasteiger partial charge in [0.05, 0.1) is 6.07 Å². The molecular weight excluding hydrogens is 142 g/mol. The van der Waals surface area contributed by atoms with Gasteiger partial charge in [0.25, 0.3) is 0 Å². The van der Waals surface area contributed by atoms with Crippen LogP contribution >= 0.6 is 0 Å². The van der Waals surface area contributed by atoms with Gasteiger partial charge >= 0.3 is 0 Å². The fraction of sp³-hybridized carbons (Fsp3) is 0.375. The molecule has 0 atom stereocenters. The van der Waals surface area contributed by atoms with Gasteiger partial charge in [-0.05, 0) is 24.5 Å². The monoisotopic (exact) mass is 151 g/mol. The molecule has 3 nitrogen and oxygen atoms in total. The van der Waals surface area contributed by atoms with Crippen LogP contribution in [0.3, 0.4) is 0 Å². The zero-order chi connectivity index (χ0) is 8.69. The Labute approximate surface area is 65.3 Å². The largest absolute Gasteiger partial charge is 0.298 e. The second-order valence-electron chi connectivity index (χ2n) is 2.10. The second kappa shape index (κ2) is 5.36. The molecule has 0 saturated heterocycles. The Bertz CT molecular complexity index is 223. The van der Waals surface area contributed by atoms with Crippen molar-refractivity contribution in [2.75, 3.05) is 0 Å². The van der Waals surface area contributed by atoms with E-state index in [9.17, 15) is 9.59 Å². The summed E-state index contributed by atoms with van der Waals surface area (Å²) in [6.07, 6.45) is 1.89. The van der Waals surface area contributed by atoms with Crippen molar-refractivity contribution in [3.05, 3.63) is 11.1 Å². The number of hydrogen-bond acceptors (Lipinski definition) is 3. The molecule has 3 heteroatoms. The molecule has 0 heterocycles. The third-order valence-electron chi connectivity index (χ3n) is 1.33. The first-order chi connectivity index (χ1) is 5.26. The lowest BCUT2D eigenvalue weighted by atomic mass is 10.1. The number of allylic oxidation sites excluding steroid dienone is 2. The lowest BCUT2D eigenvalue weighted by molar-refractivity contribution is -0.107. The third-order valence-corrected chi connectivity index (χ3v) is 1.33. The SMILES string of the molecule is C/C(C=O)=C(/C=O)CCC#N. The van der Waals surface area contributed by atoms with E-state index in [1.54, 1.807) is 6.92 Å². The van der Waals surface area contributed by atoms with Crippen LogP contribution in [0.2, 0.25) is 0 Å². The molecule has 0 bridgehead atoms. The Morgan fingerprint density at radius 3 is 2.45 bits per heavy atom. The molecular formula is C8H9NO2. The van der Waals surface area contributed by atoms with Gasteiger partial charge in [0.15, 0.2) is 0 Å². The fourth-order valence-electron chi connectivity index (χ4n) is 0.615. The number of nitriles is 1. The number of hydrogen-bond donors (Lipinski definition) is 0. The van der Waals surface area contributed by atoms with Crippen molar-refractivity contribution < 1.29 is 9.59 Å². The van der Waals surface area contributed by atoms with Gasteiger partial charge in [-0.2, -0.15) is 5.26 Å². The molecule has 0 aliphatic carbocycles. The van der Waals surface area contributed by atoms with Crippen molar-refractivity contribution in [2.24, 2.45) is 0 Å². The van der Waals surface area contributed by atoms with Crippen LogP contribution in [0.25, 0.3) is 0 Å². The topological polar surface area (TPSA) is 57.9 Å². The number of carbonyl (C=O) groups excluding carboxylic acids is 2. The van der Waals surface area contributed by atoms with Crippen LogP contribution in [0.4, 0.5) is 0 Å². The van der Waals surface area contributed by atoms with Gasteiger partial charge in [-0.3, -0.25) is 9.59 Å². The zero-order valence-electron chi connectivity index (χ0n) is 6.33. The van der Waals surface area contributed by atoms with Gasteiger partial charge in [0.1, 0.15) is 12.6 Å². The summed E-state index contributed by atoms with van der Waals surface area (Å²) in [5.74, 6) is 0. The predicted molar refractivity (Wildman–Crippen MR) is 39.7 cm³/mol. The van der Waals surface area contributed by atoms with E-state index >= 15 is 0 Å². The zero-order valence-corrected chi connectivity index (χ0v) is 6.33. The van der Waals surface area contributed by atoms with Gasteiger partial charge in [-0.25, -0.2) is 0 Å². The van der Waals surface area contributed by atoms with E-state index in [0.717, 1.165) is 0 Å². The van der Waals surface area contributed by atoms with Crippen LogP contribution in [-0.2, 0) is 9.59 Å². The van der Waals surface area contributed by atoms with Crippen LogP contribution in [0.1, 0.15) is 19.8 Å². The summed E-state index contributed by atoms with van der Waals surface area (Å²) in [5, 5.41) is 8.19. The average Bonchev–Trinajstić information content (AvgIpc) is 2.05. The van der Waals surface area contributed by atoms with Crippen molar-refractivity contribution in [3.8, 4) is 6.07 Å². The van der Waals surface area contributed by atoms with Crippen LogP contribution in [0.5, 0.6) is 0 Å². The lowest BCUT2D eigenvalue weighted by Gasteiger charge is -1.95. The third kappa shape index (κ3) is 3.31. The van der Waals surface area contributed by atoms with Gasteiger partial charge < -0.3 is 0 Å². The summed E-state index contributed by atoms with van der Waals surface area (Å²) < 4.78 is 0. The number of carbonyl (C=O) groups is 2. The standard InChI is InChI=1S/C8H9NO2/c1-7(5-10)8(6-11)3-2-4-9/h5-6H,2-3H2,1H3/b8-7-. The van der Waals surface area contributed by atoms with E-state index in [4.69, 9.17) is 5.26 Å². The predicted octanol–water partition coefficient (Wildman–Crippen LogP) is 1.00. The summed E-state index contributed by atoms with van der Waals surface area (Å²) >= 11 is 0. The molecule has 0 rings (SSSR count). The average molecular weight is 151 g/mol. The summed E-state index contributed by atoms with van der Waals surface area (Å²) in [7, 11) is 0. The quantitative estimate of drug-likeness (QED) is 0.445. The minimum Gasteiger partial charge on any atom is -0.298 e. The highest BCUT2D eigenvalue weighted by atomic mass is 16.1. The highest BCUT2D eigenvalue weighted by Crippen LogP contribution is 2.05. The summed E-state index contributed by atoms with van der Waals surface area (Å²) in [4.78, 5) is 20.5. The van der Waals surface area contributed by atoms with Crippen molar-refractivity contribution in [2.45, 2.75) is 19.8 Å². The molecule has 0 unspecified atom stereocenters. The van der Waals surface area contributed by atoms with E-state index in [1.807, 2.05) is 6.07 Å². The molecule has 0 saturated carbocycles. The van der Waals surface area contributed by atoms with Crippen LogP contribution in [-0.4, -0.2) is 12.6 Å². The number of rotatable bonds is 4. The molecule has 0 spiro atoms. The highest BCUT2D eigenvalue weighted by Gasteiger charge is 1.99. The molecule has 0 aromatic heterocycles. The van der Waals surface area contributed by atoms with Crippen LogP contribution < -0.4 is 0 Å². The van der Waals surface area contributed by atoms with Crippen molar-refractivity contribution in [1.82, 2.24) is 0 Å². The molecule has 0 aromatic carbocycles. The normalized spacial score (nSPS) is 11.3. The van der Waals surface area contributed by atoms with E-state index < -0.39 is 0 Å². The highest BCUT2D eigenvalue weighted by molar-refractivity contribution is 5.86. The van der Waals surface area contributed by atoms with Crippen molar-refractivity contribution in [3.63, 3.8) is 0 Å². The van der Waals surface area contributed by atoms with E-state index in [2.05, 4.69) is 0 Å². The molecule has 0 radical (unpaired) electrons. The Morgan fingerprint density at radius 2 is 2.09 bits per heavy atom. The number of aldehydes is 2. The van der Waals surface area contributed by atoms with Gasteiger partial charge in [-0.15, -0.1) is 0 Å². The lowest BCUT2D eigenvalue weighted by Crippen LogP contribution is -1.91. The maximum Gasteiger partial charge on any atom is 0.146 e. The maximum atomic E-state index is 10.3. The summed E-state index contributed by atoms with van der Waals surface area (Å²) in [6.45, 7) is 1.56. The molecule has 0 aliphatic rings. The van der Waals surface area contributed by atoms with Crippen molar-refractivity contribution in [1.29, 1.82) is 5.26 Å². The molecule has 0 aromatic rings. The summed E-state index contributed by atoms with van der Waals surface area (Å²) in [6, 6.07) is 1.90. The van der Waals surface area contributed by atoms with Gasteiger partial charge in [0, 0.05) is 6.42 Å². The molecule has 0 N–H and O–H groups in total. The van der Waals surface area contributed by atoms with Crippen molar-refractivity contribution >= 4 is 12.6 Å². The van der Waals surface area contributed by atoms with E-state index in [1.165, 1.54) is 0 Å². The Kier molecular flexibility index (Phi) is 4.67. The molecule has 0 aliphatic heterocycles. The number of nitrogens with zero attached hydrogens (tertiary/aromatic N) is 1. The minimum atomic E-state index is 0.277. The van der Waals surface area contributed by atoms with E-state index in [-0.39, 0.29) is 6.42 Å². The maximum absolute atomic E-state index is 10.3.